The van der Waals surface area contributed by atoms with Gasteiger partial charge in [-0.05, 0) is 42.9 Å². The van der Waals surface area contributed by atoms with Gasteiger partial charge in [0.2, 0.25) is 0 Å². The number of cyclic esters (lactones) is 1. The average Bonchev–Trinajstić information content (AvgIpc) is 3.38. The van der Waals surface area contributed by atoms with Gasteiger partial charge in [0.1, 0.15) is 12.2 Å². The first-order chi connectivity index (χ1) is 17.7. The van der Waals surface area contributed by atoms with Crippen molar-refractivity contribution in [2.24, 2.45) is 22.2 Å². The smallest absolute Gasteiger partial charge is 0.331 e. The van der Waals surface area contributed by atoms with E-state index >= 15 is 0 Å². The van der Waals surface area contributed by atoms with Crippen LogP contribution >= 0.6 is 0 Å². The fraction of sp³-hybridized carbons (Fsp3) is 0.586. The Balaban J connectivity index is 1.75. The summed E-state index contributed by atoms with van der Waals surface area (Å²) in [5.41, 5.74) is -2.02. The minimum atomic E-state index is -2.05. The number of furan rings is 1. The van der Waals surface area contributed by atoms with E-state index in [4.69, 9.17) is 18.6 Å². The van der Waals surface area contributed by atoms with Crippen molar-refractivity contribution in [3.05, 3.63) is 47.0 Å². The van der Waals surface area contributed by atoms with Gasteiger partial charge in [-0.25, -0.2) is 4.79 Å². The van der Waals surface area contributed by atoms with Crippen LogP contribution in [0.5, 0.6) is 0 Å². The molecule has 3 aliphatic carbocycles. The third kappa shape index (κ3) is 3.40. The predicted octanol–water partition coefficient (Wildman–Crippen LogP) is 3.76. The molecule has 1 aromatic rings. The average molecular weight is 527 g/mol. The molecule has 1 N–H and O–H groups in total. The second-order valence-corrected chi connectivity index (χ2v) is 12.1. The number of esters is 3. The number of hydrogen-bond acceptors (Lipinski definition) is 9. The number of aliphatic hydroxyl groups is 1. The number of methoxy groups -OCH3 is 1. The van der Waals surface area contributed by atoms with Crippen molar-refractivity contribution in [3.63, 3.8) is 0 Å². The maximum atomic E-state index is 14.3. The van der Waals surface area contributed by atoms with E-state index in [0.29, 0.717) is 24.0 Å². The Kier molecular flexibility index (Phi) is 5.84. The first kappa shape index (κ1) is 26.4. The summed E-state index contributed by atoms with van der Waals surface area (Å²) in [5.74, 6) is -2.79. The number of Topliss-reactive ketones (excluding diaryl/α,β-unsaturated/α-hetero) is 1. The maximum Gasteiger partial charge on any atom is 0.331 e. The van der Waals surface area contributed by atoms with E-state index < -0.39 is 63.7 Å². The highest BCUT2D eigenvalue weighted by atomic mass is 16.6. The van der Waals surface area contributed by atoms with Crippen molar-refractivity contribution in [1.29, 1.82) is 0 Å². The highest BCUT2D eigenvalue weighted by Gasteiger charge is 2.72. The number of ketones is 1. The molecular weight excluding hydrogens is 492 g/mol. The van der Waals surface area contributed by atoms with E-state index in [2.05, 4.69) is 0 Å². The van der Waals surface area contributed by atoms with Crippen molar-refractivity contribution in [2.75, 3.05) is 7.11 Å². The molecule has 204 valence electrons. The van der Waals surface area contributed by atoms with Crippen molar-refractivity contribution in [1.82, 2.24) is 0 Å². The van der Waals surface area contributed by atoms with Crippen LogP contribution in [0.3, 0.4) is 0 Å². The molecule has 4 aliphatic rings. The Morgan fingerprint density at radius 1 is 1.18 bits per heavy atom. The molecule has 0 spiro atoms. The molecule has 0 amide bonds. The number of ether oxygens (including phenoxy) is 3. The summed E-state index contributed by atoms with van der Waals surface area (Å²) in [6, 6.07) is 1.76. The number of allylic oxidation sites excluding steroid dienone is 1. The molecule has 2 heterocycles. The standard InChI is InChI=1S/C29H34O9/c1-15(30)37-25-26(2,3)20(12-21(31)35-6)28(5)18-7-9-27(4)19(17(18)13-29(25,34)24(28)33)11-22(32)38-23(27)16-8-10-36-14-16/h8,10-11,14,20,23,25,34H,7,9,12-13H2,1-6H3/t20-,23-,25-,27+,28+,29-/m0/s1. The van der Waals surface area contributed by atoms with Gasteiger partial charge in [0, 0.05) is 35.8 Å². The van der Waals surface area contributed by atoms with Gasteiger partial charge in [-0.15, -0.1) is 0 Å². The maximum absolute atomic E-state index is 14.3. The largest absolute Gasteiger partial charge is 0.472 e. The zero-order valence-corrected chi connectivity index (χ0v) is 22.6. The molecule has 6 atom stereocenters. The van der Waals surface area contributed by atoms with Crippen molar-refractivity contribution in [2.45, 2.75) is 78.1 Å². The normalized spacial score (nSPS) is 37.4. The van der Waals surface area contributed by atoms with Gasteiger partial charge >= 0.3 is 17.9 Å². The minimum Gasteiger partial charge on any atom is -0.472 e. The molecule has 38 heavy (non-hydrogen) atoms. The van der Waals surface area contributed by atoms with E-state index in [9.17, 15) is 24.3 Å². The van der Waals surface area contributed by atoms with E-state index in [1.54, 1.807) is 19.3 Å². The SMILES string of the molecule is COC(=O)C[C@H]1C(C)(C)[C@H](OC(C)=O)[C@]2(O)CC3=C(CC[C@]4(C)C3=CC(=O)O[C@H]4c3ccoc3)[C@@]1(C)C2=O. The van der Waals surface area contributed by atoms with Gasteiger partial charge in [-0.3, -0.25) is 14.4 Å². The second-order valence-electron chi connectivity index (χ2n) is 12.1. The van der Waals surface area contributed by atoms with Crippen LogP contribution in [0.2, 0.25) is 0 Å². The number of fused-ring (bicyclic) bond motifs is 5. The second kappa shape index (κ2) is 8.40. The molecule has 0 saturated heterocycles. The van der Waals surface area contributed by atoms with Crippen molar-refractivity contribution in [3.8, 4) is 0 Å². The topological polar surface area (TPSA) is 129 Å². The lowest BCUT2D eigenvalue weighted by atomic mass is 9.41. The van der Waals surface area contributed by atoms with Crippen LogP contribution in [0.25, 0.3) is 0 Å². The highest BCUT2D eigenvalue weighted by molar-refractivity contribution is 6.00. The number of hydrogen-bond donors (Lipinski definition) is 1. The van der Waals surface area contributed by atoms with Gasteiger partial charge in [-0.1, -0.05) is 26.3 Å². The van der Waals surface area contributed by atoms with E-state index in [0.717, 1.165) is 11.1 Å². The third-order valence-corrected chi connectivity index (χ3v) is 9.64. The van der Waals surface area contributed by atoms with Crippen molar-refractivity contribution >= 4 is 23.7 Å². The summed E-state index contributed by atoms with van der Waals surface area (Å²) in [4.78, 5) is 52.0. The fourth-order valence-electron chi connectivity index (χ4n) is 7.93. The summed E-state index contributed by atoms with van der Waals surface area (Å²) in [5, 5.41) is 12.2. The van der Waals surface area contributed by atoms with Gasteiger partial charge in [-0.2, -0.15) is 0 Å². The van der Waals surface area contributed by atoms with Gasteiger partial charge in [0.15, 0.2) is 11.4 Å². The quantitative estimate of drug-likeness (QED) is 0.460. The molecule has 9 heteroatoms. The summed E-state index contributed by atoms with van der Waals surface area (Å²) >= 11 is 0. The Morgan fingerprint density at radius 3 is 2.50 bits per heavy atom. The molecule has 1 aromatic heterocycles. The molecule has 9 nitrogen and oxygen atoms in total. The molecule has 5 rings (SSSR count). The lowest BCUT2D eigenvalue weighted by Crippen LogP contribution is -2.73. The van der Waals surface area contributed by atoms with Gasteiger partial charge in [0.05, 0.1) is 31.5 Å². The summed E-state index contributed by atoms with van der Waals surface area (Å²) < 4.78 is 21.7. The molecule has 0 radical (unpaired) electrons. The monoisotopic (exact) mass is 526 g/mol. The van der Waals surface area contributed by atoms with Crippen LogP contribution in [-0.2, 0) is 33.4 Å². The molecule has 1 fully saturated rings. The van der Waals surface area contributed by atoms with Crippen LogP contribution in [0.4, 0.5) is 0 Å². The lowest BCUT2D eigenvalue weighted by molar-refractivity contribution is -0.221. The Hall–Kier alpha value is -3.20. The minimum absolute atomic E-state index is 0.105. The van der Waals surface area contributed by atoms with Crippen LogP contribution in [0, 0.1) is 22.2 Å². The van der Waals surface area contributed by atoms with Crippen molar-refractivity contribution < 1.29 is 42.9 Å². The summed E-state index contributed by atoms with van der Waals surface area (Å²) in [6.45, 7) is 8.63. The van der Waals surface area contributed by atoms with Gasteiger partial charge < -0.3 is 23.7 Å². The molecule has 1 saturated carbocycles. The summed E-state index contributed by atoms with van der Waals surface area (Å²) in [7, 11) is 1.29. The van der Waals surface area contributed by atoms with E-state index in [1.165, 1.54) is 26.4 Å². The zero-order valence-electron chi connectivity index (χ0n) is 22.6. The fourth-order valence-corrected chi connectivity index (χ4v) is 7.93. The van der Waals surface area contributed by atoms with E-state index in [-0.39, 0.29) is 12.8 Å². The Bertz CT molecular complexity index is 1280. The molecule has 0 unspecified atom stereocenters. The van der Waals surface area contributed by atoms with Gasteiger partial charge in [0.25, 0.3) is 0 Å². The predicted molar refractivity (Wildman–Crippen MR) is 132 cm³/mol. The van der Waals surface area contributed by atoms with Crippen LogP contribution in [0.1, 0.15) is 72.0 Å². The van der Waals surface area contributed by atoms with E-state index in [1.807, 2.05) is 20.8 Å². The molecule has 1 aliphatic heterocycles. The van der Waals surface area contributed by atoms with Crippen LogP contribution < -0.4 is 0 Å². The highest BCUT2D eigenvalue weighted by Crippen LogP contribution is 2.67. The lowest BCUT2D eigenvalue weighted by Gasteiger charge is -2.63. The number of rotatable bonds is 4. The number of carbonyl (C=O) groups excluding carboxylic acids is 4. The molecule has 0 aromatic carbocycles. The Morgan fingerprint density at radius 2 is 1.89 bits per heavy atom. The van der Waals surface area contributed by atoms with Crippen LogP contribution in [0.15, 0.2) is 45.8 Å². The number of carbonyl (C=O) groups is 4. The molecule has 2 bridgehead atoms. The Labute approximate surface area is 221 Å². The van der Waals surface area contributed by atoms with Crippen LogP contribution in [-0.4, -0.2) is 47.6 Å². The zero-order chi connectivity index (χ0) is 27.8. The first-order valence-electron chi connectivity index (χ1n) is 12.9. The molecular formula is C29H34O9. The third-order valence-electron chi connectivity index (χ3n) is 9.64. The summed E-state index contributed by atoms with van der Waals surface area (Å²) in [6.07, 6.45) is 3.54. The first-order valence-corrected chi connectivity index (χ1v) is 12.9.